The first-order valence-electron chi connectivity index (χ1n) is 7.70. The second-order valence-corrected chi connectivity index (χ2v) is 6.18. The van der Waals surface area contributed by atoms with Crippen LogP contribution in [0.25, 0.3) is 0 Å². The molecular formula is C17H26N2O2. The van der Waals surface area contributed by atoms with Crippen LogP contribution < -0.4 is 0 Å². The van der Waals surface area contributed by atoms with Crippen molar-refractivity contribution >= 4 is 5.91 Å². The Kier molecular flexibility index (Phi) is 5.37. The monoisotopic (exact) mass is 290 g/mol. The maximum atomic E-state index is 12.5. The Morgan fingerprint density at radius 3 is 2.71 bits per heavy atom. The highest BCUT2D eigenvalue weighted by Gasteiger charge is 2.31. The second kappa shape index (κ2) is 7.05. The van der Waals surface area contributed by atoms with Crippen molar-refractivity contribution in [2.45, 2.75) is 39.0 Å². The molecule has 21 heavy (non-hydrogen) atoms. The van der Waals surface area contributed by atoms with Crippen LogP contribution >= 0.6 is 0 Å². The second-order valence-electron chi connectivity index (χ2n) is 6.18. The van der Waals surface area contributed by atoms with Crippen LogP contribution in [0.3, 0.4) is 0 Å². The predicted molar refractivity (Wildman–Crippen MR) is 83.7 cm³/mol. The Morgan fingerprint density at radius 1 is 1.43 bits per heavy atom. The molecule has 3 atom stereocenters. The Bertz CT molecular complexity index is 463. The molecule has 1 aliphatic heterocycles. The molecule has 3 unspecified atom stereocenters. The predicted octanol–water partition coefficient (Wildman–Crippen LogP) is 1.74. The molecule has 1 N–H and O–H groups in total. The number of likely N-dealkylation sites (N-methyl/N-ethyl adjacent to an activating group) is 1. The van der Waals surface area contributed by atoms with Crippen molar-refractivity contribution in [3.05, 3.63) is 35.9 Å². The highest BCUT2D eigenvalue weighted by Crippen LogP contribution is 2.19. The van der Waals surface area contributed by atoms with Gasteiger partial charge in [-0.05, 0) is 31.4 Å². The molecule has 0 spiro atoms. The first-order chi connectivity index (χ1) is 9.99. The number of hydrogen-bond acceptors (Lipinski definition) is 3. The van der Waals surface area contributed by atoms with Crippen LogP contribution in [-0.2, 0) is 11.3 Å². The van der Waals surface area contributed by atoms with E-state index in [4.69, 9.17) is 0 Å². The fraction of sp³-hybridized carbons (Fsp3) is 0.588. The number of β-amino-alcohol motifs (C(OH)–C–C–N with tert-alkyl or cyclic N) is 1. The third-order valence-electron chi connectivity index (χ3n) is 4.49. The zero-order chi connectivity index (χ0) is 15.4. The Balaban J connectivity index is 1.92. The Hall–Kier alpha value is -1.39. The number of rotatable bonds is 4. The van der Waals surface area contributed by atoms with Gasteiger partial charge in [-0.1, -0.05) is 37.3 Å². The standard InChI is InChI=1S/C17H26N2O2/c1-13-9-10-19(12-16(13)20)14(2)17(21)18(3)11-15-7-5-4-6-8-15/h4-8,13-14,16,20H,9-12H2,1-3H3. The average molecular weight is 290 g/mol. The number of aliphatic hydroxyl groups is 1. The van der Waals surface area contributed by atoms with Gasteiger partial charge in [0, 0.05) is 20.1 Å². The van der Waals surface area contributed by atoms with Crippen LogP contribution in [0.5, 0.6) is 0 Å². The lowest BCUT2D eigenvalue weighted by molar-refractivity contribution is -0.137. The summed E-state index contributed by atoms with van der Waals surface area (Å²) >= 11 is 0. The molecular weight excluding hydrogens is 264 g/mol. The summed E-state index contributed by atoms with van der Waals surface area (Å²) in [6.07, 6.45) is 0.620. The minimum absolute atomic E-state index is 0.112. The zero-order valence-electron chi connectivity index (χ0n) is 13.2. The number of hydrogen-bond donors (Lipinski definition) is 1. The van der Waals surface area contributed by atoms with E-state index in [1.807, 2.05) is 44.3 Å². The van der Waals surface area contributed by atoms with Crippen LogP contribution in [0.1, 0.15) is 25.8 Å². The fourth-order valence-corrected chi connectivity index (χ4v) is 2.84. The lowest BCUT2D eigenvalue weighted by atomic mass is 9.95. The van der Waals surface area contributed by atoms with Gasteiger partial charge in [0.05, 0.1) is 12.1 Å². The topological polar surface area (TPSA) is 43.8 Å². The van der Waals surface area contributed by atoms with Crippen molar-refractivity contribution in [1.82, 2.24) is 9.80 Å². The van der Waals surface area contributed by atoms with E-state index < -0.39 is 0 Å². The molecule has 1 aromatic carbocycles. The molecule has 0 saturated carbocycles. The SMILES string of the molecule is CC1CCN(C(C)C(=O)N(C)Cc2ccccc2)CC1O. The summed E-state index contributed by atoms with van der Waals surface area (Å²) in [6, 6.07) is 9.82. The van der Waals surface area contributed by atoms with E-state index in [0.717, 1.165) is 18.5 Å². The molecule has 1 amide bonds. The number of aliphatic hydroxyl groups excluding tert-OH is 1. The number of likely N-dealkylation sites (tertiary alicyclic amines) is 1. The largest absolute Gasteiger partial charge is 0.392 e. The molecule has 2 rings (SSSR count). The third kappa shape index (κ3) is 4.05. The van der Waals surface area contributed by atoms with Crippen LogP contribution in [-0.4, -0.2) is 53.1 Å². The summed E-state index contributed by atoms with van der Waals surface area (Å²) in [4.78, 5) is 16.4. The van der Waals surface area contributed by atoms with Gasteiger partial charge in [0.15, 0.2) is 0 Å². The summed E-state index contributed by atoms with van der Waals surface area (Å²) in [7, 11) is 1.84. The van der Waals surface area contributed by atoms with E-state index in [9.17, 15) is 9.90 Å². The molecule has 0 radical (unpaired) electrons. The maximum Gasteiger partial charge on any atom is 0.239 e. The Labute approximate surface area is 127 Å². The first-order valence-corrected chi connectivity index (χ1v) is 7.70. The van der Waals surface area contributed by atoms with Gasteiger partial charge in [-0.15, -0.1) is 0 Å². The normalized spacial score (nSPS) is 24.6. The van der Waals surface area contributed by atoms with Crippen molar-refractivity contribution in [3.63, 3.8) is 0 Å². The summed E-state index contributed by atoms with van der Waals surface area (Å²) < 4.78 is 0. The van der Waals surface area contributed by atoms with Gasteiger partial charge in [-0.25, -0.2) is 0 Å². The first kappa shape index (κ1) is 16.0. The number of nitrogens with zero attached hydrogens (tertiary/aromatic N) is 2. The highest BCUT2D eigenvalue weighted by atomic mass is 16.3. The van der Waals surface area contributed by atoms with Gasteiger partial charge in [0.1, 0.15) is 0 Å². The Morgan fingerprint density at radius 2 is 2.10 bits per heavy atom. The molecule has 116 valence electrons. The van der Waals surface area contributed by atoms with Crippen molar-refractivity contribution < 1.29 is 9.90 Å². The number of benzene rings is 1. The van der Waals surface area contributed by atoms with E-state index in [1.54, 1.807) is 4.90 Å². The molecule has 1 heterocycles. The lowest BCUT2D eigenvalue weighted by Crippen LogP contribution is -2.52. The smallest absolute Gasteiger partial charge is 0.239 e. The van der Waals surface area contributed by atoms with Gasteiger partial charge in [0.25, 0.3) is 0 Å². The van der Waals surface area contributed by atoms with E-state index in [0.29, 0.717) is 19.0 Å². The number of amides is 1. The van der Waals surface area contributed by atoms with Crippen molar-refractivity contribution in [3.8, 4) is 0 Å². The van der Waals surface area contributed by atoms with Gasteiger partial charge in [0.2, 0.25) is 5.91 Å². The van der Waals surface area contributed by atoms with Crippen molar-refractivity contribution in [2.75, 3.05) is 20.1 Å². The molecule has 0 aliphatic carbocycles. The molecule has 0 aromatic heterocycles. The maximum absolute atomic E-state index is 12.5. The molecule has 1 saturated heterocycles. The van der Waals surface area contributed by atoms with Crippen LogP contribution in [0.15, 0.2) is 30.3 Å². The summed E-state index contributed by atoms with van der Waals surface area (Å²) in [5, 5.41) is 9.99. The highest BCUT2D eigenvalue weighted by molar-refractivity contribution is 5.81. The van der Waals surface area contributed by atoms with E-state index in [1.165, 1.54) is 0 Å². The number of carbonyl (C=O) groups excluding carboxylic acids is 1. The van der Waals surface area contributed by atoms with E-state index >= 15 is 0 Å². The molecule has 1 aliphatic rings. The van der Waals surface area contributed by atoms with Gasteiger partial charge >= 0.3 is 0 Å². The quantitative estimate of drug-likeness (QED) is 0.918. The van der Waals surface area contributed by atoms with Gasteiger partial charge in [-0.3, -0.25) is 9.69 Å². The molecule has 4 heteroatoms. The fourth-order valence-electron chi connectivity index (χ4n) is 2.84. The summed E-state index contributed by atoms with van der Waals surface area (Å²) in [5.74, 6) is 0.436. The minimum Gasteiger partial charge on any atom is -0.392 e. The molecule has 0 bridgehead atoms. The van der Waals surface area contributed by atoms with Gasteiger partial charge in [-0.2, -0.15) is 0 Å². The third-order valence-corrected chi connectivity index (χ3v) is 4.49. The van der Waals surface area contributed by atoms with Crippen molar-refractivity contribution in [1.29, 1.82) is 0 Å². The van der Waals surface area contributed by atoms with Crippen LogP contribution in [0, 0.1) is 5.92 Å². The van der Waals surface area contributed by atoms with E-state index in [2.05, 4.69) is 11.8 Å². The lowest BCUT2D eigenvalue weighted by Gasteiger charge is -2.38. The molecule has 1 fully saturated rings. The van der Waals surface area contributed by atoms with Crippen LogP contribution in [0.2, 0.25) is 0 Å². The van der Waals surface area contributed by atoms with Gasteiger partial charge < -0.3 is 10.0 Å². The van der Waals surface area contributed by atoms with Crippen molar-refractivity contribution in [2.24, 2.45) is 5.92 Å². The minimum atomic E-state index is -0.326. The number of piperidine rings is 1. The van der Waals surface area contributed by atoms with Crippen LogP contribution in [0.4, 0.5) is 0 Å². The number of carbonyl (C=O) groups is 1. The molecule has 1 aromatic rings. The summed E-state index contributed by atoms with van der Waals surface area (Å²) in [6.45, 7) is 6.09. The average Bonchev–Trinajstić information content (AvgIpc) is 2.49. The summed E-state index contributed by atoms with van der Waals surface area (Å²) in [5.41, 5.74) is 1.13. The molecule has 4 nitrogen and oxygen atoms in total. The zero-order valence-corrected chi connectivity index (χ0v) is 13.2. The van der Waals surface area contributed by atoms with E-state index in [-0.39, 0.29) is 18.1 Å².